The van der Waals surface area contributed by atoms with E-state index in [1.165, 1.54) is 0 Å². The monoisotopic (exact) mass is 566 g/mol. The van der Waals surface area contributed by atoms with Crippen molar-refractivity contribution in [3.05, 3.63) is 58.9 Å². The molecule has 1 aromatic heterocycles. The predicted molar refractivity (Wildman–Crippen MR) is 154 cm³/mol. The van der Waals surface area contributed by atoms with Crippen LogP contribution in [-0.4, -0.2) is 70.2 Å². The second-order valence-electron chi connectivity index (χ2n) is 11.2. The summed E-state index contributed by atoms with van der Waals surface area (Å²) in [7, 11) is 0. The van der Waals surface area contributed by atoms with Crippen LogP contribution in [0.2, 0.25) is 5.02 Å². The molecule has 1 saturated heterocycles. The van der Waals surface area contributed by atoms with Gasteiger partial charge >= 0.3 is 6.09 Å². The maximum atomic E-state index is 13.0. The molecule has 5 rings (SSSR count). The molecule has 3 heterocycles. The molecule has 10 nitrogen and oxygen atoms in total. The molecule has 40 heavy (non-hydrogen) atoms. The number of benzene rings is 1. The van der Waals surface area contributed by atoms with Crippen molar-refractivity contribution in [2.24, 2.45) is 5.92 Å². The van der Waals surface area contributed by atoms with E-state index in [9.17, 15) is 9.59 Å². The molecule has 3 aliphatic rings. The summed E-state index contributed by atoms with van der Waals surface area (Å²) in [5.74, 6) is 1.88. The van der Waals surface area contributed by atoms with E-state index >= 15 is 0 Å². The number of rotatable bonds is 3. The topological polar surface area (TPSA) is 109 Å². The van der Waals surface area contributed by atoms with Gasteiger partial charge in [-0.3, -0.25) is 4.79 Å². The Bertz CT molecular complexity index is 1330. The number of carbonyl (C=O) groups excluding carboxylic acids is 2. The molecule has 1 fully saturated rings. The van der Waals surface area contributed by atoms with Crippen LogP contribution in [0.25, 0.3) is 0 Å². The van der Waals surface area contributed by atoms with Crippen LogP contribution < -0.4 is 15.4 Å². The van der Waals surface area contributed by atoms with Gasteiger partial charge in [0.15, 0.2) is 12.4 Å². The minimum absolute atomic E-state index is 0.0759. The van der Waals surface area contributed by atoms with Crippen LogP contribution in [0.5, 0.6) is 5.75 Å². The number of hydrogen-bond acceptors (Lipinski definition) is 8. The minimum atomic E-state index is -0.552. The molecule has 212 valence electrons. The smallest absolute Gasteiger partial charge is 0.410 e. The number of anilines is 3. The molecule has 0 saturated carbocycles. The Hall–Kier alpha value is -3.79. The Kier molecular flexibility index (Phi) is 8.16. The van der Waals surface area contributed by atoms with Crippen LogP contribution >= 0.6 is 11.6 Å². The third kappa shape index (κ3) is 7.04. The Morgan fingerprint density at radius 3 is 2.67 bits per heavy atom. The van der Waals surface area contributed by atoms with Gasteiger partial charge in [0, 0.05) is 37.6 Å². The molecular weight excluding hydrogens is 532 g/mol. The van der Waals surface area contributed by atoms with Gasteiger partial charge in [-0.05, 0) is 75.8 Å². The third-order valence-corrected chi connectivity index (χ3v) is 7.20. The molecule has 1 aromatic carbocycles. The van der Waals surface area contributed by atoms with Crippen LogP contribution in [0.4, 0.5) is 22.2 Å². The average molecular weight is 567 g/mol. The van der Waals surface area contributed by atoms with Crippen molar-refractivity contribution in [3.8, 4) is 5.75 Å². The molecule has 1 aliphatic carbocycles. The summed E-state index contributed by atoms with van der Waals surface area (Å²) in [6.07, 6.45) is 10.1. The lowest BCUT2D eigenvalue weighted by Crippen LogP contribution is -2.52. The van der Waals surface area contributed by atoms with E-state index in [1.807, 2.05) is 45.0 Å². The van der Waals surface area contributed by atoms with E-state index in [2.05, 4.69) is 32.8 Å². The molecule has 11 heteroatoms. The maximum Gasteiger partial charge on any atom is 0.410 e. The van der Waals surface area contributed by atoms with Gasteiger partial charge in [0.2, 0.25) is 5.95 Å². The van der Waals surface area contributed by atoms with Crippen molar-refractivity contribution < 1.29 is 19.1 Å². The van der Waals surface area contributed by atoms with Crippen molar-refractivity contribution in [2.75, 3.05) is 43.4 Å². The number of ether oxygens (including phenoxy) is 2. The maximum absolute atomic E-state index is 13.0. The first-order chi connectivity index (χ1) is 19.1. The van der Waals surface area contributed by atoms with E-state index in [1.54, 1.807) is 16.0 Å². The van der Waals surface area contributed by atoms with Crippen LogP contribution in [0.15, 0.2) is 48.3 Å². The average Bonchev–Trinajstić information content (AvgIpc) is 2.92. The van der Waals surface area contributed by atoms with Crippen LogP contribution in [0.3, 0.4) is 0 Å². The van der Waals surface area contributed by atoms with E-state index in [0.29, 0.717) is 54.6 Å². The summed E-state index contributed by atoms with van der Waals surface area (Å²) < 4.78 is 11.5. The zero-order valence-electron chi connectivity index (χ0n) is 23.1. The van der Waals surface area contributed by atoms with Gasteiger partial charge in [-0.25, -0.2) is 9.78 Å². The number of aryl methyl sites for hydroxylation is 1. The van der Waals surface area contributed by atoms with E-state index < -0.39 is 5.60 Å². The van der Waals surface area contributed by atoms with E-state index in [-0.39, 0.29) is 18.6 Å². The highest BCUT2D eigenvalue weighted by Gasteiger charge is 2.28. The van der Waals surface area contributed by atoms with Crippen LogP contribution in [0.1, 0.15) is 39.2 Å². The fraction of sp³-hybridized carbons (Fsp3) is 0.448. The standard InChI is InChI=1S/C29H35ClN6O4/c1-29(2,3)40-28(38)36-13-11-35(12-14-36)25(37)18-39-24-10-9-22-16-20(24)8-7-19-5-4-6-21(15-19)33-27-31-17-23(30)26(32-22)34-27/h4-6,9-10,16-17,19H,7-8,11-15,18H2,1-3H3,(H2,31,32,33,34). The Morgan fingerprint density at radius 2 is 1.90 bits per heavy atom. The number of halogens is 1. The molecule has 0 radical (unpaired) electrons. The third-order valence-electron chi connectivity index (χ3n) is 6.92. The first kappa shape index (κ1) is 27.8. The number of fused-ring (bicyclic) bond motifs is 6. The highest BCUT2D eigenvalue weighted by Crippen LogP contribution is 2.32. The SMILES string of the molecule is CC(C)(C)OC(=O)N1CCN(C(=O)COc2ccc3cc2CCC2C=CC=C(C2)Nc2ncc(Cl)c(n2)N3)CC1. The number of piperazine rings is 1. The molecule has 2 N–H and O–H groups in total. The van der Waals surface area contributed by atoms with Crippen LogP contribution in [0, 0.1) is 5.92 Å². The second kappa shape index (κ2) is 11.8. The number of nitrogens with one attached hydrogen (secondary N) is 2. The summed E-state index contributed by atoms with van der Waals surface area (Å²) in [5, 5.41) is 7.01. The van der Waals surface area contributed by atoms with Crippen molar-refractivity contribution in [1.82, 2.24) is 19.8 Å². The lowest BCUT2D eigenvalue weighted by Gasteiger charge is -2.35. The van der Waals surface area contributed by atoms with Gasteiger partial charge in [0.1, 0.15) is 16.4 Å². The summed E-state index contributed by atoms with van der Waals surface area (Å²) in [6, 6.07) is 5.78. The molecule has 0 spiro atoms. The minimum Gasteiger partial charge on any atom is -0.483 e. The number of allylic oxidation sites excluding steroid dienone is 4. The van der Waals surface area contributed by atoms with Crippen molar-refractivity contribution in [2.45, 2.75) is 45.6 Å². The predicted octanol–water partition coefficient (Wildman–Crippen LogP) is 5.15. The zero-order valence-corrected chi connectivity index (χ0v) is 23.8. The van der Waals surface area contributed by atoms with Gasteiger partial charge in [-0.2, -0.15) is 4.98 Å². The van der Waals surface area contributed by atoms with Gasteiger partial charge in [-0.15, -0.1) is 0 Å². The fourth-order valence-corrected chi connectivity index (χ4v) is 5.00. The molecule has 6 bridgehead atoms. The Morgan fingerprint density at radius 1 is 1.12 bits per heavy atom. The molecule has 2 aromatic rings. The largest absolute Gasteiger partial charge is 0.483 e. The lowest BCUT2D eigenvalue weighted by molar-refractivity contribution is -0.135. The highest BCUT2D eigenvalue weighted by atomic mass is 35.5. The van der Waals surface area contributed by atoms with Crippen molar-refractivity contribution in [3.63, 3.8) is 0 Å². The first-order valence-electron chi connectivity index (χ1n) is 13.6. The number of aromatic nitrogens is 2. The number of hydrogen-bond donors (Lipinski definition) is 2. The first-order valence-corrected chi connectivity index (χ1v) is 14.0. The number of carbonyl (C=O) groups is 2. The summed E-state index contributed by atoms with van der Waals surface area (Å²) in [4.78, 5) is 37.6. The van der Waals surface area contributed by atoms with Crippen molar-refractivity contribution >= 4 is 41.1 Å². The fourth-order valence-electron chi connectivity index (χ4n) is 4.86. The van der Waals surface area contributed by atoms with E-state index in [4.69, 9.17) is 21.1 Å². The van der Waals surface area contributed by atoms with E-state index in [0.717, 1.165) is 36.2 Å². The molecule has 1 atom stereocenters. The summed E-state index contributed by atoms with van der Waals surface area (Å²) in [5.41, 5.74) is 2.30. The normalized spacial score (nSPS) is 18.7. The Balaban J connectivity index is 1.26. The van der Waals surface area contributed by atoms with Gasteiger partial charge in [-0.1, -0.05) is 23.8 Å². The number of nitrogens with zero attached hydrogens (tertiary/aromatic N) is 4. The molecular formula is C29H35ClN6O4. The summed E-state index contributed by atoms with van der Waals surface area (Å²) >= 11 is 6.38. The second-order valence-corrected chi connectivity index (χ2v) is 11.6. The van der Waals surface area contributed by atoms with Gasteiger partial charge in [0.05, 0.1) is 6.20 Å². The molecule has 2 amide bonds. The molecule has 1 unspecified atom stereocenters. The molecule has 2 aliphatic heterocycles. The lowest BCUT2D eigenvalue weighted by atomic mass is 9.91. The van der Waals surface area contributed by atoms with Gasteiger partial charge < -0.3 is 29.9 Å². The van der Waals surface area contributed by atoms with Gasteiger partial charge in [0.25, 0.3) is 5.91 Å². The quantitative estimate of drug-likeness (QED) is 0.525. The summed E-state index contributed by atoms with van der Waals surface area (Å²) in [6.45, 7) is 7.19. The van der Waals surface area contributed by atoms with Crippen molar-refractivity contribution in [1.29, 1.82) is 0 Å². The highest BCUT2D eigenvalue weighted by molar-refractivity contribution is 6.32. The number of amides is 2. The Labute approximate surface area is 239 Å². The van der Waals surface area contributed by atoms with Crippen LogP contribution in [-0.2, 0) is 16.0 Å². The zero-order chi connectivity index (χ0) is 28.3.